The van der Waals surface area contributed by atoms with Gasteiger partial charge in [0.15, 0.2) is 5.69 Å². The van der Waals surface area contributed by atoms with E-state index in [9.17, 15) is 9.59 Å². The molecule has 4 saturated carbocycles. The maximum Gasteiger partial charge on any atom is 0.311 e. The number of carbonyl (C=O) groups is 2. The fraction of sp³-hybridized carbons (Fsp3) is 0.826. The zero-order valence-corrected chi connectivity index (χ0v) is 18.6. The van der Waals surface area contributed by atoms with E-state index >= 15 is 0 Å². The normalized spacial score (nSPS) is 33.5. The summed E-state index contributed by atoms with van der Waals surface area (Å²) in [7, 11) is 0. The molecule has 5 fully saturated rings. The van der Waals surface area contributed by atoms with E-state index in [1.807, 2.05) is 6.92 Å². The molecule has 2 heterocycles. The van der Waals surface area contributed by atoms with Gasteiger partial charge in [-0.05, 0) is 68.6 Å². The highest BCUT2D eigenvalue weighted by Gasteiger charge is 2.52. The number of aromatic nitrogens is 3. The third kappa shape index (κ3) is 4.11. The van der Waals surface area contributed by atoms with E-state index in [0.29, 0.717) is 50.7 Å². The van der Waals surface area contributed by atoms with Gasteiger partial charge in [0.1, 0.15) is 0 Å². The number of amides is 1. The van der Waals surface area contributed by atoms with Gasteiger partial charge in [0.2, 0.25) is 0 Å². The molecule has 8 nitrogen and oxygen atoms in total. The number of ether oxygens (including phenoxy) is 2. The first-order valence-electron chi connectivity index (χ1n) is 11.9. The maximum absolute atomic E-state index is 12.9. The van der Waals surface area contributed by atoms with Crippen LogP contribution < -0.4 is 5.32 Å². The molecule has 4 bridgehead atoms. The topological polar surface area (TPSA) is 95.3 Å². The van der Waals surface area contributed by atoms with Crippen LogP contribution in [0.15, 0.2) is 6.20 Å². The molecule has 1 amide bonds. The molecule has 0 unspecified atom stereocenters. The molecule has 4 aliphatic carbocycles. The number of nitrogens with one attached hydrogen (secondary N) is 1. The second kappa shape index (κ2) is 8.19. The van der Waals surface area contributed by atoms with Gasteiger partial charge in [0.25, 0.3) is 5.91 Å². The highest BCUT2D eigenvalue weighted by atomic mass is 16.5. The standard InChI is InChI=1S/C23H34N4O4/c1-3-31-22(29)18(20-16-5-14-4-15(7-16)8-17(20)6-14)9-24-21(28)19-10-27(26-25-19)11-23(2)12-30-13-23/h10,14-18,20H,3-9,11-13H2,1-2H3,(H,24,28)/t14?,15?,16?,17?,18-,20?/m1/s1. The maximum atomic E-state index is 12.9. The zero-order valence-electron chi connectivity index (χ0n) is 18.6. The van der Waals surface area contributed by atoms with Gasteiger partial charge in [-0.2, -0.15) is 0 Å². The molecule has 1 aromatic rings. The average molecular weight is 431 g/mol. The Hall–Kier alpha value is -1.96. The van der Waals surface area contributed by atoms with E-state index in [4.69, 9.17) is 9.47 Å². The van der Waals surface area contributed by atoms with Gasteiger partial charge >= 0.3 is 5.97 Å². The predicted molar refractivity (Wildman–Crippen MR) is 112 cm³/mol. The van der Waals surface area contributed by atoms with Crippen LogP contribution in [0.5, 0.6) is 0 Å². The lowest BCUT2D eigenvalue weighted by molar-refractivity contribution is -0.157. The second-order valence-electron chi connectivity index (χ2n) is 10.7. The van der Waals surface area contributed by atoms with Gasteiger partial charge in [-0.3, -0.25) is 14.3 Å². The Labute approximate surface area is 183 Å². The summed E-state index contributed by atoms with van der Waals surface area (Å²) >= 11 is 0. The minimum Gasteiger partial charge on any atom is -0.466 e. The van der Waals surface area contributed by atoms with Gasteiger partial charge in [-0.15, -0.1) is 5.10 Å². The van der Waals surface area contributed by atoms with Crippen molar-refractivity contribution >= 4 is 11.9 Å². The molecule has 5 aliphatic rings. The summed E-state index contributed by atoms with van der Waals surface area (Å²) in [5.74, 6) is 2.47. The Morgan fingerprint density at radius 3 is 2.48 bits per heavy atom. The smallest absolute Gasteiger partial charge is 0.311 e. The average Bonchev–Trinajstić information content (AvgIpc) is 3.16. The minimum absolute atomic E-state index is 0.0515. The van der Waals surface area contributed by atoms with Gasteiger partial charge < -0.3 is 14.8 Å². The molecule has 31 heavy (non-hydrogen) atoms. The van der Waals surface area contributed by atoms with Gasteiger partial charge in [-0.1, -0.05) is 12.1 Å². The van der Waals surface area contributed by atoms with Crippen LogP contribution in [0.25, 0.3) is 0 Å². The monoisotopic (exact) mass is 430 g/mol. The van der Waals surface area contributed by atoms with Crippen molar-refractivity contribution in [3.8, 4) is 0 Å². The van der Waals surface area contributed by atoms with Crippen LogP contribution >= 0.6 is 0 Å². The van der Waals surface area contributed by atoms with Crippen molar-refractivity contribution in [3.63, 3.8) is 0 Å². The van der Waals surface area contributed by atoms with Crippen LogP contribution in [-0.4, -0.2) is 53.2 Å². The summed E-state index contributed by atoms with van der Waals surface area (Å²) in [6, 6.07) is 0. The summed E-state index contributed by atoms with van der Waals surface area (Å²) in [6.45, 7) is 6.72. The van der Waals surface area contributed by atoms with Crippen LogP contribution in [0.4, 0.5) is 0 Å². The van der Waals surface area contributed by atoms with Crippen LogP contribution in [0.3, 0.4) is 0 Å². The molecule has 0 spiro atoms. The Kier molecular flexibility index (Phi) is 5.52. The third-order valence-electron chi connectivity index (χ3n) is 8.05. The molecule has 1 aromatic heterocycles. The molecule has 1 atom stereocenters. The summed E-state index contributed by atoms with van der Waals surface area (Å²) in [6.07, 6.45) is 8.00. The minimum atomic E-state index is -0.278. The van der Waals surface area contributed by atoms with E-state index in [2.05, 4.69) is 22.6 Å². The van der Waals surface area contributed by atoms with Crippen LogP contribution in [0, 0.1) is 40.9 Å². The summed E-state index contributed by atoms with van der Waals surface area (Å²) in [4.78, 5) is 25.7. The molecule has 0 radical (unpaired) electrons. The second-order valence-corrected chi connectivity index (χ2v) is 10.7. The number of hydrogen-bond acceptors (Lipinski definition) is 6. The highest BCUT2D eigenvalue weighted by molar-refractivity contribution is 5.92. The lowest BCUT2D eigenvalue weighted by Gasteiger charge is -2.56. The van der Waals surface area contributed by atoms with Crippen molar-refractivity contribution < 1.29 is 19.1 Å². The summed E-state index contributed by atoms with van der Waals surface area (Å²) < 4.78 is 12.4. The number of esters is 1. The van der Waals surface area contributed by atoms with Gasteiger partial charge in [-0.25, -0.2) is 0 Å². The quantitative estimate of drug-likeness (QED) is 0.636. The Bertz CT molecular complexity index is 805. The van der Waals surface area contributed by atoms with Gasteiger partial charge in [0.05, 0.1) is 38.5 Å². The fourth-order valence-corrected chi connectivity index (χ4v) is 6.96. The van der Waals surface area contributed by atoms with E-state index in [1.54, 1.807) is 10.9 Å². The summed E-state index contributed by atoms with van der Waals surface area (Å²) in [5.41, 5.74) is 0.340. The Morgan fingerprint density at radius 1 is 1.23 bits per heavy atom. The number of nitrogens with zero attached hydrogens (tertiary/aromatic N) is 3. The Balaban J connectivity index is 1.24. The number of rotatable bonds is 8. The third-order valence-corrected chi connectivity index (χ3v) is 8.05. The van der Waals surface area contributed by atoms with Crippen molar-refractivity contribution in [2.45, 2.75) is 52.5 Å². The molecular formula is C23H34N4O4. The lowest BCUT2D eigenvalue weighted by Crippen LogP contribution is -2.51. The van der Waals surface area contributed by atoms with E-state index < -0.39 is 0 Å². The van der Waals surface area contributed by atoms with E-state index in [-0.39, 0.29) is 28.9 Å². The first kappa shape index (κ1) is 20.9. The van der Waals surface area contributed by atoms with Crippen molar-refractivity contribution in [1.82, 2.24) is 20.3 Å². The van der Waals surface area contributed by atoms with Crippen molar-refractivity contribution in [3.05, 3.63) is 11.9 Å². The van der Waals surface area contributed by atoms with Crippen LogP contribution in [0.2, 0.25) is 0 Å². The fourth-order valence-electron chi connectivity index (χ4n) is 6.96. The molecule has 8 heteroatoms. The number of carbonyl (C=O) groups excluding carboxylic acids is 2. The van der Waals surface area contributed by atoms with E-state index in [0.717, 1.165) is 11.8 Å². The Morgan fingerprint density at radius 2 is 1.90 bits per heavy atom. The molecule has 0 aromatic carbocycles. The predicted octanol–water partition coefficient (Wildman–Crippen LogP) is 2.30. The van der Waals surface area contributed by atoms with Crippen molar-refractivity contribution in [1.29, 1.82) is 0 Å². The molecule has 1 aliphatic heterocycles. The van der Waals surface area contributed by atoms with Crippen LogP contribution in [0.1, 0.15) is 56.4 Å². The lowest BCUT2D eigenvalue weighted by atomic mass is 9.49. The molecule has 1 saturated heterocycles. The van der Waals surface area contributed by atoms with Crippen molar-refractivity contribution in [2.75, 3.05) is 26.4 Å². The van der Waals surface area contributed by atoms with E-state index in [1.165, 1.54) is 32.1 Å². The first-order chi connectivity index (χ1) is 14.9. The molecule has 1 N–H and O–H groups in total. The molecular weight excluding hydrogens is 396 g/mol. The first-order valence-corrected chi connectivity index (χ1v) is 11.9. The molecule has 170 valence electrons. The largest absolute Gasteiger partial charge is 0.466 e. The van der Waals surface area contributed by atoms with Gasteiger partial charge in [0, 0.05) is 12.0 Å². The van der Waals surface area contributed by atoms with Crippen LogP contribution in [-0.2, 0) is 20.8 Å². The number of hydrogen-bond donors (Lipinski definition) is 1. The molecule has 6 rings (SSSR count). The SMILES string of the molecule is CCOC(=O)[C@H](CNC(=O)c1cn(CC2(C)COC2)nn1)C1C2CC3CC(C2)CC1C3. The highest BCUT2D eigenvalue weighted by Crippen LogP contribution is 2.58. The van der Waals surface area contributed by atoms with Crippen molar-refractivity contribution in [2.24, 2.45) is 40.9 Å². The zero-order chi connectivity index (χ0) is 21.6. The summed E-state index contributed by atoms with van der Waals surface area (Å²) in [5, 5.41) is 11.1.